The molecule has 1 aliphatic heterocycles. The molecule has 0 spiro atoms. The van der Waals surface area contributed by atoms with E-state index in [0.29, 0.717) is 59.1 Å². The van der Waals surface area contributed by atoms with Crippen LogP contribution in [0.15, 0.2) is 47.1 Å². The van der Waals surface area contributed by atoms with Crippen LogP contribution in [0.1, 0.15) is 22.3 Å². The lowest BCUT2D eigenvalue weighted by Gasteiger charge is -2.36. The summed E-state index contributed by atoms with van der Waals surface area (Å²) in [6.07, 6.45) is 1.67. The molecule has 5 rings (SSSR count). The molecule has 3 aromatic heterocycles. The summed E-state index contributed by atoms with van der Waals surface area (Å²) >= 11 is 0. The molecule has 4 heterocycles. The van der Waals surface area contributed by atoms with E-state index >= 15 is 0 Å². The molecular formula is C23H22N6O5. The van der Waals surface area contributed by atoms with Crippen molar-refractivity contribution in [2.45, 2.75) is 5.92 Å². The molecule has 1 aromatic carbocycles. The fourth-order valence-corrected chi connectivity index (χ4v) is 3.78. The van der Waals surface area contributed by atoms with Gasteiger partial charge >= 0.3 is 0 Å². The maximum absolute atomic E-state index is 12.9. The maximum Gasteiger partial charge on any atom is 0.271 e. The van der Waals surface area contributed by atoms with Crippen molar-refractivity contribution >= 4 is 5.91 Å². The number of carbonyl (C=O) groups is 1. The van der Waals surface area contributed by atoms with E-state index in [4.69, 9.17) is 18.7 Å². The second-order valence-electron chi connectivity index (χ2n) is 7.66. The molecule has 1 N–H and O–H groups in total. The van der Waals surface area contributed by atoms with Gasteiger partial charge in [-0.25, -0.2) is 0 Å². The average Bonchev–Trinajstić information content (AvgIpc) is 3.53. The summed E-state index contributed by atoms with van der Waals surface area (Å²) in [5, 5.41) is 11.1. The minimum Gasteiger partial charge on any atom is -0.493 e. The molecule has 11 nitrogen and oxygen atoms in total. The molecule has 1 aliphatic rings. The number of aromatic nitrogens is 5. The van der Waals surface area contributed by atoms with Crippen molar-refractivity contribution in [3.63, 3.8) is 0 Å². The van der Waals surface area contributed by atoms with Crippen molar-refractivity contribution in [1.29, 1.82) is 0 Å². The van der Waals surface area contributed by atoms with E-state index in [9.17, 15) is 4.79 Å². The highest BCUT2D eigenvalue weighted by Crippen LogP contribution is 2.41. The largest absolute Gasteiger partial charge is 0.493 e. The van der Waals surface area contributed by atoms with Crippen molar-refractivity contribution in [2.75, 3.05) is 34.4 Å². The van der Waals surface area contributed by atoms with Gasteiger partial charge in [-0.15, -0.1) is 0 Å². The molecule has 0 atom stereocenters. The van der Waals surface area contributed by atoms with Gasteiger partial charge in [-0.1, -0.05) is 11.2 Å². The summed E-state index contributed by atoms with van der Waals surface area (Å²) in [6, 6.07) is 10.7. The summed E-state index contributed by atoms with van der Waals surface area (Å²) in [5.41, 5.74) is 2.32. The Morgan fingerprint density at radius 1 is 1.06 bits per heavy atom. The van der Waals surface area contributed by atoms with E-state index in [1.54, 1.807) is 50.6 Å². The van der Waals surface area contributed by atoms with Gasteiger partial charge in [0.1, 0.15) is 11.4 Å². The number of hydrogen-bond donors (Lipinski definition) is 1. The van der Waals surface area contributed by atoms with Crippen LogP contribution in [0.25, 0.3) is 22.8 Å². The highest BCUT2D eigenvalue weighted by atomic mass is 16.5. The quantitative estimate of drug-likeness (QED) is 0.441. The Bertz CT molecular complexity index is 1290. The first-order valence-electron chi connectivity index (χ1n) is 10.5. The predicted octanol–water partition coefficient (Wildman–Crippen LogP) is 2.79. The predicted molar refractivity (Wildman–Crippen MR) is 120 cm³/mol. The second-order valence-corrected chi connectivity index (χ2v) is 7.66. The first-order valence-corrected chi connectivity index (χ1v) is 10.5. The molecule has 0 radical (unpaired) electrons. The van der Waals surface area contributed by atoms with E-state index in [2.05, 4.69) is 25.3 Å². The van der Waals surface area contributed by atoms with Crippen LogP contribution in [-0.2, 0) is 0 Å². The third-order valence-corrected chi connectivity index (χ3v) is 5.62. The first kappa shape index (κ1) is 21.4. The molecule has 0 saturated carbocycles. The van der Waals surface area contributed by atoms with E-state index in [1.165, 1.54) is 0 Å². The van der Waals surface area contributed by atoms with E-state index in [1.807, 2.05) is 18.2 Å². The van der Waals surface area contributed by atoms with E-state index in [-0.39, 0.29) is 11.8 Å². The topological polar surface area (TPSA) is 128 Å². The number of nitrogens with zero attached hydrogens (tertiary/aromatic N) is 5. The van der Waals surface area contributed by atoms with Crippen LogP contribution in [0.3, 0.4) is 0 Å². The van der Waals surface area contributed by atoms with Crippen LogP contribution in [0.5, 0.6) is 17.2 Å². The highest BCUT2D eigenvalue weighted by molar-refractivity contribution is 5.94. The minimum atomic E-state index is -0.160. The third kappa shape index (κ3) is 3.81. The molecule has 0 bridgehead atoms. The SMILES string of the molecule is COc1cc(-c2cc(C(=O)N3CC(c4nc(-c5ccccn5)no4)C3)[nH]n2)cc(OC)c1OC. The fourth-order valence-electron chi connectivity index (χ4n) is 3.78. The molecule has 174 valence electrons. The van der Waals surface area contributed by atoms with Crippen molar-refractivity contribution in [1.82, 2.24) is 30.2 Å². The van der Waals surface area contributed by atoms with Gasteiger partial charge in [0.2, 0.25) is 17.5 Å². The lowest BCUT2D eigenvalue weighted by atomic mass is 9.99. The second kappa shape index (κ2) is 8.85. The number of likely N-dealkylation sites (tertiary alicyclic amines) is 1. The summed E-state index contributed by atoms with van der Waals surface area (Å²) in [4.78, 5) is 23.3. The summed E-state index contributed by atoms with van der Waals surface area (Å²) in [6.45, 7) is 0.947. The van der Waals surface area contributed by atoms with Crippen LogP contribution in [0.4, 0.5) is 0 Å². The first-order chi connectivity index (χ1) is 16.6. The Labute approximate surface area is 194 Å². The van der Waals surface area contributed by atoms with Crippen molar-refractivity contribution in [3.05, 3.63) is 54.2 Å². The Balaban J connectivity index is 1.27. The Hall–Kier alpha value is -4.41. The number of benzene rings is 1. The lowest BCUT2D eigenvalue weighted by Crippen LogP contribution is -2.48. The van der Waals surface area contributed by atoms with Crippen molar-refractivity contribution in [2.24, 2.45) is 0 Å². The normalized spacial score (nSPS) is 13.4. The van der Waals surface area contributed by atoms with E-state index < -0.39 is 0 Å². The van der Waals surface area contributed by atoms with Gasteiger partial charge in [0.05, 0.1) is 32.9 Å². The number of ether oxygens (including phenoxy) is 3. The molecule has 1 saturated heterocycles. The van der Waals surface area contributed by atoms with Crippen molar-refractivity contribution in [3.8, 4) is 40.0 Å². The number of amides is 1. The third-order valence-electron chi connectivity index (χ3n) is 5.62. The van der Waals surface area contributed by atoms with E-state index in [0.717, 1.165) is 5.56 Å². The van der Waals surface area contributed by atoms with Crippen molar-refractivity contribution < 1.29 is 23.5 Å². The number of hydrogen-bond acceptors (Lipinski definition) is 9. The Morgan fingerprint density at radius 3 is 2.47 bits per heavy atom. The number of rotatable bonds is 7. The number of H-pyrrole nitrogens is 1. The van der Waals surface area contributed by atoms with Gasteiger partial charge in [-0.3, -0.25) is 14.9 Å². The standard InChI is InChI=1S/C23H22N6O5/c1-31-18-8-13(9-19(32-2)20(18)33-3)16-10-17(27-26-16)23(30)29-11-14(12-29)22-25-21(28-34-22)15-6-4-5-7-24-15/h4-10,14H,11-12H2,1-3H3,(H,26,27). The van der Waals surface area contributed by atoms with Gasteiger partial charge in [0, 0.05) is 24.8 Å². The molecule has 4 aromatic rings. The Morgan fingerprint density at radius 2 is 1.82 bits per heavy atom. The highest BCUT2D eigenvalue weighted by Gasteiger charge is 2.36. The number of methoxy groups -OCH3 is 3. The lowest BCUT2D eigenvalue weighted by molar-refractivity contribution is 0.0563. The zero-order chi connectivity index (χ0) is 23.7. The van der Waals surface area contributed by atoms with Crippen LogP contribution < -0.4 is 14.2 Å². The van der Waals surface area contributed by atoms with Gasteiger partial charge < -0.3 is 23.6 Å². The average molecular weight is 462 g/mol. The Kier molecular flexibility index (Phi) is 5.58. The summed E-state index contributed by atoms with van der Waals surface area (Å²) < 4.78 is 21.6. The molecule has 1 fully saturated rings. The maximum atomic E-state index is 12.9. The molecule has 0 aliphatic carbocycles. The molecule has 0 unspecified atom stereocenters. The molecule has 34 heavy (non-hydrogen) atoms. The molecular weight excluding hydrogens is 440 g/mol. The minimum absolute atomic E-state index is 0.0218. The van der Waals surface area contributed by atoms with Gasteiger partial charge in [-0.2, -0.15) is 10.1 Å². The fraction of sp³-hybridized carbons (Fsp3) is 0.261. The number of pyridine rings is 1. The number of nitrogens with one attached hydrogen (secondary N) is 1. The number of carbonyl (C=O) groups excluding carboxylic acids is 1. The zero-order valence-corrected chi connectivity index (χ0v) is 18.8. The van der Waals surface area contributed by atoms with Crippen LogP contribution in [0.2, 0.25) is 0 Å². The van der Waals surface area contributed by atoms with Crippen LogP contribution in [-0.4, -0.2) is 70.5 Å². The molecule has 11 heteroatoms. The smallest absolute Gasteiger partial charge is 0.271 e. The number of aromatic amines is 1. The summed E-state index contributed by atoms with van der Waals surface area (Å²) in [7, 11) is 4.63. The monoisotopic (exact) mass is 462 g/mol. The van der Waals surface area contributed by atoms with Gasteiger partial charge in [0.25, 0.3) is 5.91 Å². The van der Waals surface area contributed by atoms with Gasteiger partial charge in [0.15, 0.2) is 11.5 Å². The van der Waals surface area contributed by atoms with Crippen LogP contribution in [0, 0.1) is 0 Å². The zero-order valence-electron chi connectivity index (χ0n) is 18.8. The van der Waals surface area contributed by atoms with Gasteiger partial charge in [-0.05, 0) is 30.3 Å². The summed E-state index contributed by atoms with van der Waals surface area (Å²) in [5.74, 6) is 2.24. The molecule has 1 amide bonds. The van der Waals surface area contributed by atoms with Crippen LogP contribution >= 0.6 is 0 Å².